The molecule has 0 aliphatic carbocycles. The molecule has 0 radical (unpaired) electrons. The standard InChI is InChI=1S/C23H19Cl2N5OS/c1-13-3-5-17(6-4-13)29-23-26-14(2)11-20(30-23)27-15-7-9-16(10-8-15)28-22(31)18-12-19(24)32-21(18)25/h3-12H,1-2H3,(H,28,31)(H2,26,27,29,30). The lowest BCUT2D eigenvalue weighted by molar-refractivity contribution is 0.102. The van der Waals surface area contributed by atoms with Crippen molar-refractivity contribution in [2.24, 2.45) is 0 Å². The summed E-state index contributed by atoms with van der Waals surface area (Å²) < 4.78 is 0.830. The minimum atomic E-state index is -0.308. The molecule has 0 bridgehead atoms. The maximum Gasteiger partial charge on any atom is 0.258 e. The highest BCUT2D eigenvalue weighted by molar-refractivity contribution is 7.20. The number of rotatable bonds is 6. The van der Waals surface area contributed by atoms with Crippen molar-refractivity contribution in [2.75, 3.05) is 16.0 Å². The molecule has 0 fully saturated rings. The van der Waals surface area contributed by atoms with Gasteiger partial charge in [0.1, 0.15) is 10.2 Å². The molecule has 4 rings (SSSR count). The Balaban J connectivity index is 1.44. The van der Waals surface area contributed by atoms with Gasteiger partial charge in [-0.25, -0.2) is 4.98 Å². The predicted octanol–water partition coefficient (Wildman–Crippen LogP) is 7.20. The zero-order valence-corrected chi connectivity index (χ0v) is 19.6. The second kappa shape index (κ2) is 9.56. The Morgan fingerprint density at radius 2 is 1.47 bits per heavy atom. The molecule has 2 heterocycles. The van der Waals surface area contributed by atoms with Crippen molar-refractivity contribution in [3.63, 3.8) is 0 Å². The number of hydrogen-bond donors (Lipinski definition) is 3. The van der Waals surface area contributed by atoms with E-state index >= 15 is 0 Å². The number of benzene rings is 2. The summed E-state index contributed by atoms with van der Waals surface area (Å²) >= 11 is 13.1. The Kier molecular flexibility index (Phi) is 6.60. The quantitative estimate of drug-likeness (QED) is 0.270. The van der Waals surface area contributed by atoms with Crippen LogP contribution in [0.3, 0.4) is 0 Å². The van der Waals surface area contributed by atoms with Crippen LogP contribution in [0.25, 0.3) is 0 Å². The van der Waals surface area contributed by atoms with Gasteiger partial charge in [-0.3, -0.25) is 4.79 Å². The van der Waals surface area contributed by atoms with Crippen LogP contribution in [0.4, 0.5) is 28.8 Å². The average molecular weight is 484 g/mol. The Morgan fingerprint density at radius 1 is 0.844 bits per heavy atom. The molecule has 4 aromatic rings. The van der Waals surface area contributed by atoms with E-state index in [9.17, 15) is 4.79 Å². The van der Waals surface area contributed by atoms with Gasteiger partial charge < -0.3 is 16.0 Å². The maximum absolute atomic E-state index is 12.4. The van der Waals surface area contributed by atoms with Crippen LogP contribution in [0.1, 0.15) is 21.6 Å². The molecule has 6 nitrogen and oxygen atoms in total. The van der Waals surface area contributed by atoms with Gasteiger partial charge in [0.2, 0.25) is 5.95 Å². The first-order valence-electron chi connectivity index (χ1n) is 9.68. The summed E-state index contributed by atoms with van der Waals surface area (Å²) in [5.41, 5.74) is 4.74. The van der Waals surface area contributed by atoms with Crippen LogP contribution in [0.5, 0.6) is 0 Å². The molecule has 162 valence electrons. The first-order valence-corrected chi connectivity index (χ1v) is 11.3. The molecule has 0 atom stereocenters. The third kappa shape index (κ3) is 5.56. The van der Waals surface area contributed by atoms with Crippen LogP contribution < -0.4 is 16.0 Å². The lowest BCUT2D eigenvalue weighted by Crippen LogP contribution is -2.11. The summed E-state index contributed by atoms with van der Waals surface area (Å²) in [4.78, 5) is 21.4. The highest BCUT2D eigenvalue weighted by Gasteiger charge is 2.14. The number of carbonyl (C=O) groups is 1. The molecule has 2 aromatic heterocycles. The van der Waals surface area contributed by atoms with Gasteiger partial charge in [-0.05, 0) is 56.3 Å². The van der Waals surface area contributed by atoms with Gasteiger partial charge in [0.05, 0.1) is 9.90 Å². The first kappa shape index (κ1) is 22.1. The number of thiophene rings is 1. The van der Waals surface area contributed by atoms with Crippen molar-refractivity contribution in [3.8, 4) is 0 Å². The Hall–Kier alpha value is -3.13. The minimum Gasteiger partial charge on any atom is -0.340 e. The van der Waals surface area contributed by atoms with Crippen LogP contribution in [0.15, 0.2) is 60.7 Å². The normalized spacial score (nSPS) is 10.6. The summed E-state index contributed by atoms with van der Waals surface area (Å²) in [6.45, 7) is 3.95. The first-order chi connectivity index (χ1) is 15.4. The van der Waals surface area contributed by atoms with Gasteiger partial charge >= 0.3 is 0 Å². The fraction of sp³-hybridized carbons (Fsp3) is 0.0870. The van der Waals surface area contributed by atoms with E-state index in [1.165, 1.54) is 5.56 Å². The van der Waals surface area contributed by atoms with Crippen LogP contribution >= 0.6 is 34.5 Å². The number of halogens is 2. The summed E-state index contributed by atoms with van der Waals surface area (Å²) in [5, 5.41) is 9.30. The third-order valence-corrected chi connectivity index (χ3v) is 5.97. The summed E-state index contributed by atoms with van der Waals surface area (Å²) in [7, 11) is 0. The number of amides is 1. The number of hydrogen-bond acceptors (Lipinski definition) is 6. The minimum absolute atomic E-state index is 0.308. The van der Waals surface area contributed by atoms with Crippen LogP contribution in [-0.2, 0) is 0 Å². The van der Waals surface area contributed by atoms with Gasteiger partial charge in [0.25, 0.3) is 5.91 Å². The molecule has 0 aliphatic heterocycles. The molecule has 0 spiro atoms. The van der Waals surface area contributed by atoms with Crippen molar-refractivity contribution in [1.82, 2.24) is 9.97 Å². The number of anilines is 5. The van der Waals surface area contributed by atoms with Gasteiger partial charge in [-0.15, -0.1) is 11.3 Å². The fourth-order valence-corrected chi connectivity index (χ4v) is 4.39. The van der Waals surface area contributed by atoms with E-state index < -0.39 is 0 Å². The lowest BCUT2D eigenvalue weighted by atomic mass is 10.2. The number of aromatic nitrogens is 2. The lowest BCUT2D eigenvalue weighted by Gasteiger charge is -2.11. The predicted molar refractivity (Wildman–Crippen MR) is 133 cm³/mol. The van der Waals surface area contributed by atoms with Gasteiger partial charge in [0.15, 0.2) is 0 Å². The zero-order valence-electron chi connectivity index (χ0n) is 17.2. The number of aryl methyl sites for hydroxylation is 2. The Morgan fingerprint density at radius 3 is 2.12 bits per heavy atom. The summed E-state index contributed by atoms with van der Waals surface area (Å²) in [6.07, 6.45) is 0. The second-order valence-electron chi connectivity index (χ2n) is 7.10. The topological polar surface area (TPSA) is 78.9 Å². The molecule has 0 saturated heterocycles. The number of nitrogens with zero attached hydrogens (tertiary/aromatic N) is 2. The van der Waals surface area contributed by atoms with Crippen molar-refractivity contribution >= 4 is 69.3 Å². The zero-order chi connectivity index (χ0) is 22.7. The molecule has 2 aromatic carbocycles. The van der Waals surface area contributed by atoms with E-state index in [1.54, 1.807) is 18.2 Å². The van der Waals surface area contributed by atoms with E-state index in [-0.39, 0.29) is 5.91 Å². The molecule has 3 N–H and O–H groups in total. The smallest absolute Gasteiger partial charge is 0.258 e. The third-order valence-electron chi connectivity index (χ3n) is 4.48. The van der Waals surface area contributed by atoms with Crippen LogP contribution in [0.2, 0.25) is 8.67 Å². The number of nitrogens with one attached hydrogen (secondary N) is 3. The highest BCUT2D eigenvalue weighted by atomic mass is 35.5. The van der Waals surface area contributed by atoms with Crippen molar-refractivity contribution < 1.29 is 4.79 Å². The molecule has 1 amide bonds. The highest BCUT2D eigenvalue weighted by Crippen LogP contribution is 2.31. The van der Waals surface area contributed by atoms with Crippen molar-refractivity contribution in [1.29, 1.82) is 0 Å². The molecule has 9 heteroatoms. The second-order valence-corrected chi connectivity index (χ2v) is 9.39. The van der Waals surface area contributed by atoms with Crippen LogP contribution in [0, 0.1) is 13.8 Å². The largest absolute Gasteiger partial charge is 0.340 e. The molecular formula is C23H19Cl2N5OS. The van der Waals surface area contributed by atoms with E-state index in [0.717, 1.165) is 28.4 Å². The van der Waals surface area contributed by atoms with Crippen LogP contribution in [-0.4, -0.2) is 15.9 Å². The molecule has 0 unspecified atom stereocenters. The van der Waals surface area contributed by atoms with Gasteiger partial charge in [-0.2, -0.15) is 4.98 Å². The van der Waals surface area contributed by atoms with E-state index in [1.807, 2.05) is 56.3 Å². The summed E-state index contributed by atoms with van der Waals surface area (Å²) in [5.74, 6) is 0.854. The van der Waals surface area contributed by atoms with Crippen molar-refractivity contribution in [3.05, 3.63) is 86.2 Å². The van der Waals surface area contributed by atoms with E-state index in [2.05, 4.69) is 25.9 Å². The van der Waals surface area contributed by atoms with E-state index in [4.69, 9.17) is 23.2 Å². The summed E-state index contributed by atoms with van der Waals surface area (Å²) in [6, 6.07) is 18.7. The maximum atomic E-state index is 12.4. The molecular weight excluding hydrogens is 465 g/mol. The SMILES string of the molecule is Cc1ccc(Nc2nc(C)cc(Nc3ccc(NC(=O)c4cc(Cl)sc4Cl)cc3)n2)cc1. The van der Waals surface area contributed by atoms with Gasteiger partial charge in [-0.1, -0.05) is 40.9 Å². The Labute approximate surface area is 199 Å². The number of carbonyl (C=O) groups excluding carboxylic acids is 1. The molecule has 0 aliphatic rings. The molecule has 0 saturated carbocycles. The Bertz CT molecular complexity index is 1260. The van der Waals surface area contributed by atoms with Gasteiger partial charge in [0, 0.05) is 28.8 Å². The monoisotopic (exact) mass is 483 g/mol. The van der Waals surface area contributed by atoms with Crippen molar-refractivity contribution in [2.45, 2.75) is 13.8 Å². The average Bonchev–Trinajstić information content (AvgIpc) is 3.09. The van der Waals surface area contributed by atoms with E-state index in [0.29, 0.717) is 31.7 Å². The fourth-order valence-electron chi connectivity index (χ4n) is 2.93. The molecule has 32 heavy (non-hydrogen) atoms.